The van der Waals surface area contributed by atoms with Crippen molar-refractivity contribution in [2.45, 2.75) is 38.3 Å². The Morgan fingerprint density at radius 2 is 2.16 bits per heavy atom. The number of benzene rings is 1. The summed E-state index contributed by atoms with van der Waals surface area (Å²) in [6, 6.07) is 8.71. The van der Waals surface area contributed by atoms with E-state index < -0.39 is 0 Å². The first-order chi connectivity index (χ1) is 9.28. The van der Waals surface area contributed by atoms with Gasteiger partial charge < -0.3 is 10.5 Å². The maximum absolute atomic E-state index is 6.40. The van der Waals surface area contributed by atoms with E-state index in [4.69, 9.17) is 10.5 Å². The molecule has 19 heavy (non-hydrogen) atoms. The van der Waals surface area contributed by atoms with E-state index in [2.05, 4.69) is 36.6 Å². The molecule has 1 atom stereocenters. The van der Waals surface area contributed by atoms with Crippen LogP contribution in [0.15, 0.2) is 29.6 Å². The molecule has 3 heteroatoms. The zero-order valence-electron chi connectivity index (χ0n) is 11.3. The lowest BCUT2D eigenvalue weighted by atomic mass is 9.77. The normalized spacial score (nSPS) is 24.3. The van der Waals surface area contributed by atoms with Crippen LogP contribution in [0.5, 0.6) is 0 Å². The van der Waals surface area contributed by atoms with E-state index >= 15 is 0 Å². The summed E-state index contributed by atoms with van der Waals surface area (Å²) >= 11 is 1.80. The third kappa shape index (κ3) is 2.69. The number of ether oxygens (including phenoxy) is 1. The lowest BCUT2D eigenvalue weighted by Gasteiger charge is -2.36. The van der Waals surface area contributed by atoms with Gasteiger partial charge in [-0.15, -0.1) is 11.3 Å². The van der Waals surface area contributed by atoms with Gasteiger partial charge in [0.15, 0.2) is 0 Å². The molecule has 1 unspecified atom stereocenters. The molecule has 1 aliphatic rings. The van der Waals surface area contributed by atoms with Crippen molar-refractivity contribution in [3.05, 3.63) is 35.2 Å². The van der Waals surface area contributed by atoms with Gasteiger partial charge in [-0.1, -0.05) is 18.2 Å². The second kappa shape index (κ2) is 5.61. The zero-order chi connectivity index (χ0) is 13.2. The third-order valence-corrected chi connectivity index (χ3v) is 5.07. The fourth-order valence-corrected chi connectivity index (χ4v) is 4.04. The summed E-state index contributed by atoms with van der Waals surface area (Å²) in [6.45, 7) is 2.90. The molecule has 0 amide bonds. The lowest BCUT2D eigenvalue weighted by Crippen LogP contribution is -2.33. The van der Waals surface area contributed by atoms with Gasteiger partial charge in [-0.25, -0.2) is 0 Å². The van der Waals surface area contributed by atoms with Crippen molar-refractivity contribution in [3.63, 3.8) is 0 Å². The van der Waals surface area contributed by atoms with Gasteiger partial charge in [-0.2, -0.15) is 0 Å². The summed E-state index contributed by atoms with van der Waals surface area (Å²) in [5.41, 5.74) is 7.72. The molecule has 0 saturated heterocycles. The molecular weight excluding hydrogens is 254 g/mol. The molecule has 0 spiro atoms. The van der Waals surface area contributed by atoms with Crippen LogP contribution < -0.4 is 5.73 Å². The van der Waals surface area contributed by atoms with Crippen LogP contribution in [0.1, 0.15) is 37.8 Å². The van der Waals surface area contributed by atoms with Crippen molar-refractivity contribution in [1.29, 1.82) is 0 Å². The summed E-state index contributed by atoms with van der Waals surface area (Å²) in [5, 5.41) is 3.56. The van der Waals surface area contributed by atoms with Crippen LogP contribution in [0, 0.1) is 5.92 Å². The summed E-state index contributed by atoms with van der Waals surface area (Å²) in [7, 11) is 0. The molecule has 1 aromatic carbocycles. The van der Waals surface area contributed by atoms with E-state index in [1.165, 1.54) is 28.5 Å². The molecule has 102 valence electrons. The Kier molecular flexibility index (Phi) is 3.87. The Morgan fingerprint density at radius 1 is 1.37 bits per heavy atom. The smallest absolute Gasteiger partial charge is 0.0580 e. The van der Waals surface area contributed by atoms with Gasteiger partial charge >= 0.3 is 0 Å². The van der Waals surface area contributed by atoms with E-state index in [1.54, 1.807) is 11.3 Å². The number of rotatable bonds is 5. The minimum absolute atomic E-state index is 0.170. The molecular formula is C16H21NOS. The fraction of sp³-hybridized carbons (Fsp3) is 0.500. The molecule has 2 aromatic rings. The van der Waals surface area contributed by atoms with Crippen LogP contribution in [0.3, 0.4) is 0 Å². The monoisotopic (exact) mass is 275 g/mol. The van der Waals surface area contributed by atoms with Gasteiger partial charge in [0.2, 0.25) is 0 Å². The number of thiophene rings is 1. The van der Waals surface area contributed by atoms with Crippen LogP contribution in [-0.4, -0.2) is 12.7 Å². The van der Waals surface area contributed by atoms with Crippen LogP contribution in [0.25, 0.3) is 10.1 Å². The quantitative estimate of drug-likeness (QED) is 0.891. The highest BCUT2D eigenvalue weighted by molar-refractivity contribution is 7.17. The van der Waals surface area contributed by atoms with Crippen molar-refractivity contribution < 1.29 is 4.74 Å². The Morgan fingerprint density at radius 3 is 2.95 bits per heavy atom. The second-order valence-electron chi connectivity index (χ2n) is 5.44. The highest BCUT2D eigenvalue weighted by atomic mass is 32.1. The fourth-order valence-electron chi connectivity index (χ4n) is 3.01. The van der Waals surface area contributed by atoms with E-state index in [0.29, 0.717) is 6.10 Å². The van der Waals surface area contributed by atoms with Crippen LogP contribution in [0.2, 0.25) is 0 Å². The molecule has 0 radical (unpaired) electrons. The molecule has 2 nitrogen and oxygen atoms in total. The Balaban J connectivity index is 1.63. The highest BCUT2D eigenvalue weighted by Gasteiger charge is 2.31. The Hall–Kier alpha value is -0.900. The zero-order valence-corrected chi connectivity index (χ0v) is 12.2. The minimum atomic E-state index is 0.170. The van der Waals surface area contributed by atoms with Gasteiger partial charge in [0.1, 0.15) is 0 Å². The second-order valence-corrected chi connectivity index (χ2v) is 6.36. The Bertz CT molecular complexity index is 544. The first kappa shape index (κ1) is 13.1. The molecule has 1 fully saturated rings. The highest BCUT2D eigenvalue weighted by Crippen LogP contribution is 2.38. The first-order valence-corrected chi connectivity index (χ1v) is 7.99. The number of hydrogen-bond donors (Lipinski definition) is 1. The van der Waals surface area contributed by atoms with E-state index in [0.717, 1.165) is 18.9 Å². The number of nitrogens with two attached hydrogens (primary N) is 1. The standard InChI is InChI=1S/C16H21NOS/c1-2-18-12-7-11(8-12)9-15(17)14-10-19-16-6-4-3-5-13(14)16/h3-6,10-12,15H,2,7-9,17H2,1H3. The van der Waals surface area contributed by atoms with Crippen LogP contribution >= 0.6 is 11.3 Å². The van der Waals surface area contributed by atoms with Gasteiger partial charge in [-0.05, 0) is 54.5 Å². The molecule has 2 N–H and O–H groups in total. The van der Waals surface area contributed by atoms with Gasteiger partial charge in [0, 0.05) is 17.3 Å². The SMILES string of the molecule is CCOC1CC(CC(N)c2csc3ccccc23)C1. The van der Waals surface area contributed by atoms with Crippen molar-refractivity contribution >= 4 is 21.4 Å². The van der Waals surface area contributed by atoms with Crippen molar-refractivity contribution in [3.8, 4) is 0 Å². The average molecular weight is 275 g/mol. The predicted octanol–water partition coefficient (Wildman–Crippen LogP) is 4.11. The van der Waals surface area contributed by atoms with Gasteiger partial charge in [0.25, 0.3) is 0 Å². The summed E-state index contributed by atoms with van der Waals surface area (Å²) < 4.78 is 6.95. The molecule has 0 bridgehead atoms. The van der Waals surface area contributed by atoms with Crippen molar-refractivity contribution in [1.82, 2.24) is 0 Å². The Labute approximate surface area is 118 Å². The molecule has 1 aliphatic carbocycles. The first-order valence-electron chi connectivity index (χ1n) is 7.11. The minimum Gasteiger partial charge on any atom is -0.378 e. The van der Waals surface area contributed by atoms with Crippen LogP contribution in [0.4, 0.5) is 0 Å². The van der Waals surface area contributed by atoms with E-state index in [-0.39, 0.29) is 6.04 Å². The number of fused-ring (bicyclic) bond motifs is 1. The average Bonchev–Trinajstić information content (AvgIpc) is 2.80. The molecule has 1 aromatic heterocycles. The van der Waals surface area contributed by atoms with E-state index in [9.17, 15) is 0 Å². The topological polar surface area (TPSA) is 35.2 Å². The molecule has 0 aliphatic heterocycles. The van der Waals surface area contributed by atoms with Crippen LogP contribution in [-0.2, 0) is 4.74 Å². The third-order valence-electron chi connectivity index (χ3n) is 4.09. The van der Waals surface area contributed by atoms with E-state index in [1.807, 2.05) is 0 Å². The molecule has 1 heterocycles. The molecule has 1 saturated carbocycles. The van der Waals surface area contributed by atoms with Gasteiger partial charge in [-0.3, -0.25) is 0 Å². The molecule has 3 rings (SSSR count). The van der Waals surface area contributed by atoms with Crippen molar-refractivity contribution in [2.24, 2.45) is 11.7 Å². The largest absolute Gasteiger partial charge is 0.378 e. The number of hydrogen-bond acceptors (Lipinski definition) is 3. The maximum Gasteiger partial charge on any atom is 0.0580 e. The van der Waals surface area contributed by atoms with Gasteiger partial charge in [0.05, 0.1) is 6.10 Å². The lowest BCUT2D eigenvalue weighted by molar-refractivity contribution is -0.0281. The summed E-state index contributed by atoms with van der Waals surface area (Å²) in [6.07, 6.45) is 3.94. The predicted molar refractivity (Wildman–Crippen MR) is 81.5 cm³/mol. The maximum atomic E-state index is 6.40. The summed E-state index contributed by atoms with van der Waals surface area (Å²) in [4.78, 5) is 0. The van der Waals surface area contributed by atoms with Crippen molar-refractivity contribution in [2.75, 3.05) is 6.61 Å². The summed E-state index contributed by atoms with van der Waals surface area (Å²) in [5.74, 6) is 0.741.